The van der Waals surface area contributed by atoms with E-state index in [2.05, 4.69) is 38.5 Å². The molecule has 0 atom stereocenters. The third kappa shape index (κ3) is 3.45. The molecule has 1 N–H and O–H groups in total. The summed E-state index contributed by atoms with van der Waals surface area (Å²) in [6, 6.07) is 11.5. The average Bonchev–Trinajstić information content (AvgIpc) is 3.39. The Hall–Kier alpha value is -2.96. The number of aromatic nitrogens is 4. The van der Waals surface area contributed by atoms with E-state index in [-0.39, 0.29) is 5.91 Å². The van der Waals surface area contributed by atoms with Crippen molar-refractivity contribution in [3.63, 3.8) is 0 Å². The minimum atomic E-state index is -0.131. The lowest BCUT2D eigenvalue weighted by Crippen LogP contribution is -2.35. The number of anilines is 2. The molecule has 0 bridgehead atoms. The lowest BCUT2D eigenvalue weighted by atomic mass is 9.93. The third-order valence-electron chi connectivity index (χ3n) is 6.31. The SMILES string of the molecule is CCCn1nnc2ccc(NC(=O)c3ccccc3N3CCC4(CC3)CC4)nc21. The molecule has 7 heteroatoms. The van der Waals surface area contributed by atoms with E-state index in [0.29, 0.717) is 22.4 Å². The second-order valence-corrected chi connectivity index (χ2v) is 8.31. The Labute approximate surface area is 170 Å². The summed E-state index contributed by atoms with van der Waals surface area (Å²) in [5.74, 6) is 0.390. The number of carbonyl (C=O) groups excluding carboxylic acids is 1. The van der Waals surface area contributed by atoms with E-state index in [1.807, 2.05) is 24.3 Å². The summed E-state index contributed by atoms with van der Waals surface area (Å²) < 4.78 is 1.78. The number of nitrogens with one attached hydrogen (secondary N) is 1. The van der Waals surface area contributed by atoms with Crippen LogP contribution in [0.1, 0.15) is 49.4 Å². The molecule has 2 aliphatic rings. The number of fused-ring (bicyclic) bond motifs is 1. The summed E-state index contributed by atoms with van der Waals surface area (Å²) in [6.45, 7) is 4.88. The molecule has 1 aromatic carbocycles. The van der Waals surface area contributed by atoms with Crippen LogP contribution in [0.3, 0.4) is 0 Å². The zero-order chi connectivity index (χ0) is 19.8. The van der Waals surface area contributed by atoms with Gasteiger partial charge in [0.25, 0.3) is 5.91 Å². The maximum absolute atomic E-state index is 13.1. The minimum absolute atomic E-state index is 0.131. The molecule has 1 saturated carbocycles. The summed E-state index contributed by atoms with van der Waals surface area (Å²) in [4.78, 5) is 20.0. The zero-order valence-electron chi connectivity index (χ0n) is 16.8. The molecule has 3 aromatic rings. The van der Waals surface area contributed by atoms with Crippen LogP contribution in [0.2, 0.25) is 0 Å². The summed E-state index contributed by atoms with van der Waals surface area (Å²) in [5, 5.41) is 11.3. The Balaban J connectivity index is 1.37. The van der Waals surface area contributed by atoms with Gasteiger partial charge in [-0.05, 0) is 61.8 Å². The molecular formula is C22H26N6O. The minimum Gasteiger partial charge on any atom is -0.371 e. The number of rotatable bonds is 5. The van der Waals surface area contributed by atoms with Crippen LogP contribution < -0.4 is 10.2 Å². The first-order valence-electron chi connectivity index (χ1n) is 10.5. The predicted molar refractivity (Wildman–Crippen MR) is 113 cm³/mol. The number of piperidine rings is 1. The monoisotopic (exact) mass is 390 g/mol. The van der Waals surface area contributed by atoms with E-state index in [1.165, 1.54) is 25.7 Å². The number of hydrogen-bond donors (Lipinski definition) is 1. The second kappa shape index (κ2) is 7.13. The fourth-order valence-electron chi connectivity index (χ4n) is 4.31. The molecule has 0 radical (unpaired) electrons. The molecule has 1 amide bonds. The molecule has 3 heterocycles. The van der Waals surface area contributed by atoms with Crippen molar-refractivity contribution >= 4 is 28.6 Å². The standard InChI is InChI=1S/C22H26N6O/c1-2-13-28-20-17(25-26-28)7-8-19(23-20)24-21(29)16-5-3-4-6-18(16)27-14-11-22(9-10-22)12-15-27/h3-8H,2,9-15H2,1H3,(H,23,24,29). The van der Waals surface area contributed by atoms with Gasteiger partial charge in [0.1, 0.15) is 11.3 Å². The molecule has 2 aromatic heterocycles. The number of amides is 1. The van der Waals surface area contributed by atoms with E-state index < -0.39 is 0 Å². The molecule has 1 spiro atoms. The second-order valence-electron chi connectivity index (χ2n) is 8.31. The normalized spacial score (nSPS) is 17.6. The summed E-state index contributed by atoms with van der Waals surface area (Å²) >= 11 is 0. The first kappa shape index (κ1) is 18.1. The fraction of sp³-hybridized carbons (Fsp3) is 0.455. The lowest BCUT2D eigenvalue weighted by Gasteiger charge is -2.34. The molecule has 150 valence electrons. The quantitative estimate of drug-likeness (QED) is 0.716. The van der Waals surface area contributed by atoms with Crippen LogP contribution in [-0.2, 0) is 6.54 Å². The number of benzene rings is 1. The van der Waals surface area contributed by atoms with E-state index in [9.17, 15) is 4.79 Å². The molecule has 0 unspecified atom stereocenters. The number of aryl methyl sites for hydroxylation is 1. The zero-order valence-corrected chi connectivity index (χ0v) is 16.8. The van der Waals surface area contributed by atoms with Gasteiger partial charge in [-0.3, -0.25) is 4.79 Å². The number of nitrogens with zero attached hydrogens (tertiary/aromatic N) is 5. The van der Waals surface area contributed by atoms with E-state index in [1.54, 1.807) is 10.7 Å². The molecule has 1 aliphatic carbocycles. The predicted octanol–water partition coefficient (Wildman–Crippen LogP) is 3.87. The number of carbonyl (C=O) groups is 1. The van der Waals surface area contributed by atoms with Crippen LogP contribution in [-0.4, -0.2) is 39.0 Å². The van der Waals surface area contributed by atoms with Gasteiger partial charge in [0, 0.05) is 25.3 Å². The van der Waals surface area contributed by atoms with Crippen LogP contribution in [0.25, 0.3) is 11.2 Å². The summed E-state index contributed by atoms with van der Waals surface area (Å²) in [6.07, 6.45) is 6.16. The Morgan fingerprint density at radius 2 is 1.90 bits per heavy atom. The van der Waals surface area contributed by atoms with Crippen molar-refractivity contribution in [2.45, 2.75) is 45.6 Å². The van der Waals surface area contributed by atoms with Crippen LogP contribution in [0, 0.1) is 5.41 Å². The molecule has 29 heavy (non-hydrogen) atoms. The Kier molecular flexibility index (Phi) is 4.45. The fourth-order valence-corrected chi connectivity index (χ4v) is 4.31. The Morgan fingerprint density at radius 3 is 2.66 bits per heavy atom. The lowest BCUT2D eigenvalue weighted by molar-refractivity contribution is 0.102. The maximum Gasteiger partial charge on any atom is 0.258 e. The first-order chi connectivity index (χ1) is 14.2. The summed E-state index contributed by atoms with van der Waals surface area (Å²) in [5.41, 5.74) is 3.76. The van der Waals surface area contributed by atoms with Gasteiger partial charge < -0.3 is 10.2 Å². The highest BCUT2D eigenvalue weighted by atomic mass is 16.1. The van der Waals surface area contributed by atoms with Gasteiger partial charge in [-0.2, -0.15) is 0 Å². The maximum atomic E-state index is 13.1. The van der Waals surface area contributed by atoms with Crippen LogP contribution in [0.5, 0.6) is 0 Å². The van der Waals surface area contributed by atoms with E-state index >= 15 is 0 Å². The van der Waals surface area contributed by atoms with Crippen molar-refractivity contribution in [2.24, 2.45) is 5.41 Å². The number of para-hydroxylation sites is 1. The van der Waals surface area contributed by atoms with Gasteiger partial charge in [-0.1, -0.05) is 24.3 Å². The Morgan fingerprint density at radius 1 is 1.10 bits per heavy atom. The third-order valence-corrected chi connectivity index (χ3v) is 6.31. The average molecular weight is 390 g/mol. The van der Waals surface area contributed by atoms with Crippen molar-refractivity contribution in [1.29, 1.82) is 0 Å². The van der Waals surface area contributed by atoms with Crippen molar-refractivity contribution in [3.8, 4) is 0 Å². The van der Waals surface area contributed by atoms with E-state index in [4.69, 9.17) is 0 Å². The smallest absolute Gasteiger partial charge is 0.258 e. The number of pyridine rings is 1. The van der Waals surface area contributed by atoms with Gasteiger partial charge in [-0.25, -0.2) is 9.67 Å². The first-order valence-corrected chi connectivity index (χ1v) is 10.5. The van der Waals surface area contributed by atoms with E-state index in [0.717, 1.165) is 37.3 Å². The van der Waals surface area contributed by atoms with Crippen molar-refractivity contribution in [1.82, 2.24) is 20.0 Å². The van der Waals surface area contributed by atoms with Crippen LogP contribution in [0.4, 0.5) is 11.5 Å². The molecule has 2 fully saturated rings. The van der Waals surface area contributed by atoms with Gasteiger partial charge in [0.15, 0.2) is 5.65 Å². The van der Waals surface area contributed by atoms with Gasteiger partial charge in [0.2, 0.25) is 0 Å². The largest absolute Gasteiger partial charge is 0.371 e. The van der Waals surface area contributed by atoms with Crippen molar-refractivity contribution in [3.05, 3.63) is 42.0 Å². The van der Waals surface area contributed by atoms with Crippen LogP contribution >= 0.6 is 0 Å². The molecular weight excluding hydrogens is 364 g/mol. The summed E-state index contributed by atoms with van der Waals surface area (Å²) in [7, 11) is 0. The molecule has 1 aliphatic heterocycles. The molecule has 5 rings (SSSR count). The van der Waals surface area contributed by atoms with Crippen LogP contribution in [0.15, 0.2) is 36.4 Å². The Bertz CT molecular complexity index is 1040. The highest BCUT2D eigenvalue weighted by Crippen LogP contribution is 2.54. The molecule has 1 saturated heterocycles. The van der Waals surface area contributed by atoms with Gasteiger partial charge in [0.05, 0.1) is 5.56 Å². The van der Waals surface area contributed by atoms with Crippen molar-refractivity contribution in [2.75, 3.05) is 23.3 Å². The highest BCUT2D eigenvalue weighted by Gasteiger charge is 2.44. The van der Waals surface area contributed by atoms with Gasteiger partial charge in [-0.15, -0.1) is 5.10 Å². The number of hydrogen-bond acceptors (Lipinski definition) is 5. The topological polar surface area (TPSA) is 75.9 Å². The molecule has 7 nitrogen and oxygen atoms in total. The van der Waals surface area contributed by atoms with Gasteiger partial charge >= 0.3 is 0 Å². The van der Waals surface area contributed by atoms with Crippen molar-refractivity contribution < 1.29 is 4.79 Å². The highest BCUT2D eigenvalue weighted by molar-refractivity contribution is 6.08.